The van der Waals surface area contributed by atoms with E-state index in [0.717, 1.165) is 6.54 Å². The van der Waals surface area contributed by atoms with E-state index >= 15 is 0 Å². The van der Waals surface area contributed by atoms with Crippen LogP contribution in [0, 0.1) is 0 Å². The summed E-state index contributed by atoms with van der Waals surface area (Å²) in [6.45, 7) is 10.3. The number of benzene rings is 1. The Kier molecular flexibility index (Phi) is 5.28. The Hall–Kier alpha value is -1.06. The third kappa shape index (κ3) is 4.72. The largest absolute Gasteiger partial charge is 0.378 e. The minimum Gasteiger partial charge on any atom is -0.378 e. The van der Waals surface area contributed by atoms with Gasteiger partial charge in [0, 0.05) is 51.0 Å². The molecule has 1 saturated heterocycles. The van der Waals surface area contributed by atoms with Crippen LogP contribution in [0.5, 0.6) is 0 Å². The molecule has 1 N–H and O–H groups in total. The molecule has 21 heavy (non-hydrogen) atoms. The fourth-order valence-corrected chi connectivity index (χ4v) is 2.93. The van der Waals surface area contributed by atoms with Gasteiger partial charge >= 0.3 is 0 Å². The van der Waals surface area contributed by atoms with E-state index in [-0.39, 0.29) is 0 Å². The van der Waals surface area contributed by atoms with Crippen LogP contribution in [0.25, 0.3) is 0 Å². The van der Waals surface area contributed by atoms with Crippen LogP contribution in [0.2, 0.25) is 0 Å². The van der Waals surface area contributed by atoms with Crippen molar-refractivity contribution in [1.82, 2.24) is 10.2 Å². The zero-order valence-corrected chi connectivity index (χ0v) is 14.3. The van der Waals surface area contributed by atoms with Gasteiger partial charge in [-0.15, -0.1) is 0 Å². The molecule has 1 aliphatic heterocycles. The van der Waals surface area contributed by atoms with Crippen molar-refractivity contribution in [3.05, 3.63) is 29.8 Å². The lowest BCUT2D eigenvalue weighted by Crippen LogP contribution is -2.49. The first-order valence-electron chi connectivity index (χ1n) is 8.11. The summed E-state index contributed by atoms with van der Waals surface area (Å²) in [5.41, 5.74) is 2.95. The Balaban J connectivity index is 1.77. The summed E-state index contributed by atoms with van der Waals surface area (Å²) in [4.78, 5) is 4.73. The lowest BCUT2D eigenvalue weighted by Gasteiger charge is -2.41. The Bertz CT molecular complexity index is 423. The third-order valence-electron chi connectivity index (χ3n) is 4.49. The molecular formula is C18H31N3. The molecule has 0 bridgehead atoms. The molecule has 118 valence electrons. The first-order valence-corrected chi connectivity index (χ1v) is 8.11. The second-order valence-electron chi connectivity index (χ2n) is 7.37. The first-order chi connectivity index (χ1) is 9.86. The molecule has 0 radical (unpaired) electrons. The molecule has 1 aromatic rings. The minimum absolute atomic E-state index is 0.312. The molecule has 0 atom stereocenters. The Morgan fingerprint density at radius 1 is 1.10 bits per heavy atom. The van der Waals surface area contributed by atoms with Gasteiger partial charge in [-0.3, -0.25) is 4.90 Å². The van der Waals surface area contributed by atoms with Crippen LogP contribution in [0.4, 0.5) is 5.69 Å². The minimum atomic E-state index is 0.312. The Morgan fingerprint density at radius 3 is 2.14 bits per heavy atom. The fraction of sp³-hybridized carbons (Fsp3) is 0.667. The van der Waals surface area contributed by atoms with Gasteiger partial charge in [-0.1, -0.05) is 12.1 Å². The van der Waals surface area contributed by atoms with Gasteiger partial charge in [0.05, 0.1) is 0 Å². The van der Waals surface area contributed by atoms with Gasteiger partial charge in [0.25, 0.3) is 0 Å². The van der Waals surface area contributed by atoms with Gasteiger partial charge in [0.2, 0.25) is 0 Å². The number of nitrogens with one attached hydrogen (secondary N) is 1. The van der Waals surface area contributed by atoms with E-state index in [4.69, 9.17) is 0 Å². The number of hydrogen-bond donors (Lipinski definition) is 1. The number of anilines is 1. The smallest absolute Gasteiger partial charge is 0.0361 e. The van der Waals surface area contributed by atoms with Crippen LogP contribution in [-0.4, -0.2) is 43.7 Å². The lowest BCUT2D eigenvalue weighted by atomic mass is 9.98. The topological polar surface area (TPSA) is 18.5 Å². The van der Waals surface area contributed by atoms with E-state index in [0.29, 0.717) is 11.6 Å². The molecule has 0 amide bonds. The third-order valence-corrected chi connectivity index (χ3v) is 4.49. The summed E-state index contributed by atoms with van der Waals surface area (Å²) in [6, 6.07) is 9.51. The van der Waals surface area contributed by atoms with Crippen LogP contribution in [0.1, 0.15) is 39.2 Å². The SMILES string of the molecule is CN(C)c1ccc(CNC2CCN(C(C)(C)C)CC2)cc1. The van der Waals surface area contributed by atoms with Gasteiger partial charge in [-0.25, -0.2) is 0 Å². The fourth-order valence-electron chi connectivity index (χ4n) is 2.93. The van der Waals surface area contributed by atoms with E-state index in [1.807, 2.05) is 0 Å². The molecule has 1 aliphatic rings. The van der Waals surface area contributed by atoms with Crippen LogP contribution >= 0.6 is 0 Å². The van der Waals surface area contributed by atoms with Crippen molar-refractivity contribution in [2.45, 2.75) is 51.7 Å². The standard InChI is InChI=1S/C18H31N3/c1-18(2,3)21-12-10-16(11-13-21)19-14-15-6-8-17(9-7-15)20(4)5/h6-9,16,19H,10-14H2,1-5H3. The van der Waals surface area contributed by atoms with Gasteiger partial charge in [0.1, 0.15) is 0 Å². The normalized spacial score (nSPS) is 18.0. The van der Waals surface area contributed by atoms with Gasteiger partial charge < -0.3 is 10.2 Å². The molecule has 1 fully saturated rings. The predicted molar refractivity (Wildman–Crippen MR) is 92.0 cm³/mol. The lowest BCUT2D eigenvalue weighted by molar-refractivity contribution is 0.0960. The summed E-state index contributed by atoms with van der Waals surface area (Å²) in [5, 5.41) is 3.72. The van der Waals surface area contributed by atoms with Gasteiger partial charge in [-0.2, -0.15) is 0 Å². The van der Waals surface area contributed by atoms with Crippen LogP contribution < -0.4 is 10.2 Å². The van der Waals surface area contributed by atoms with Gasteiger partial charge in [-0.05, 0) is 51.3 Å². The van der Waals surface area contributed by atoms with E-state index in [9.17, 15) is 0 Å². The zero-order valence-electron chi connectivity index (χ0n) is 14.3. The van der Waals surface area contributed by atoms with Crippen LogP contribution in [0.15, 0.2) is 24.3 Å². The highest BCUT2D eigenvalue weighted by atomic mass is 15.2. The van der Waals surface area contributed by atoms with E-state index in [1.165, 1.54) is 37.2 Å². The second kappa shape index (κ2) is 6.80. The highest BCUT2D eigenvalue weighted by Crippen LogP contribution is 2.20. The molecule has 3 nitrogen and oxygen atoms in total. The van der Waals surface area contributed by atoms with Crippen LogP contribution in [0.3, 0.4) is 0 Å². The second-order valence-corrected chi connectivity index (χ2v) is 7.37. The molecule has 0 saturated carbocycles. The molecule has 3 heteroatoms. The first kappa shape index (κ1) is 16.3. The summed E-state index contributed by atoms with van der Waals surface area (Å²) in [6.07, 6.45) is 2.51. The highest BCUT2D eigenvalue weighted by Gasteiger charge is 2.26. The molecule has 1 heterocycles. The van der Waals surface area contributed by atoms with E-state index < -0.39 is 0 Å². The van der Waals surface area contributed by atoms with Crippen LogP contribution in [-0.2, 0) is 6.54 Å². The number of rotatable bonds is 4. The number of piperidine rings is 1. The maximum atomic E-state index is 3.72. The van der Waals surface area contributed by atoms with Crippen molar-refractivity contribution in [2.24, 2.45) is 0 Å². The summed E-state index contributed by atoms with van der Waals surface area (Å²) >= 11 is 0. The molecular weight excluding hydrogens is 258 g/mol. The Morgan fingerprint density at radius 2 is 1.67 bits per heavy atom. The summed E-state index contributed by atoms with van der Waals surface area (Å²) in [5.74, 6) is 0. The zero-order chi connectivity index (χ0) is 15.5. The van der Waals surface area contributed by atoms with E-state index in [1.54, 1.807) is 0 Å². The number of hydrogen-bond acceptors (Lipinski definition) is 3. The average Bonchev–Trinajstić information content (AvgIpc) is 2.45. The average molecular weight is 289 g/mol. The number of likely N-dealkylation sites (tertiary alicyclic amines) is 1. The monoisotopic (exact) mass is 289 g/mol. The molecule has 0 aliphatic carbocycles. The highest BCUT2D eigenvalue weighted by molar-refractivity contribution is 5.45. The van der Waals surface area contributed by atoms with Crippen molar-refractivity contribution < 1.29 is 0 Å². The van der Waals surface area contributed by atoms with E-state index in [2.05, 4.69) is 74.2 Å². The number of nitrogens with zero attached hydrogens (tertiary/aromatic N) is 2. The summed E-state index contributed by atoms with van der Waals surface area (Å²) < 4.78 is 0. The maximum absolute atomic E-state index is 3.72. The molecule has 1 aromatic carbocycles. The van der Waals surface area contributed by atoms with Crippen molar-refractivity contribution in [3.8, 4) is 0 Å². The molecule has 0 unspecified atom stereocenters. The molecule has 0 spiro atoms. The predicted octanol–water partition coefficient (Wildman–Crippen LogP) is 3.11. The van der Waals surface area contributed by atoms with Gasteiger partial charge in [0.15, 0.2) is 0 Å². The van der Waals surface area contributed by atoms with Crippen molar-refractivity contribution in [1.29, 1.82) is 0 Å². The molecule has 0 aromatic heterocycles. The Labute approximate surface area is 130 Å². The maximum Gasteiger partial charge on any atom is 0.0361 e. The molecule has 2 rings (SSSR count). The summed E-state index contributed by atoms with van der Waals surface area (Å²) in [7, 11) is 4.16. The van der Waals surface area contributed by atoms with Crippen molar-refractivity contribution in [3.63, 3.8) is 0 Å². The van der Waals surface area contributed by atoms with Crippen molar-refractivity contribution >= 4 is 5.69 Å². The van der Waals surface area contributed by atoms with Crippen molar-refractivity contribution in [2.75, 3.05) is 32.1 Å². The quantitative estimate of drug-likeness (QED) is 0.919.